The van der Waals surface area contributed by atoms with E-state index in [1.54, 1.807) is 11.4 Å². The van der Waals surface area contributed by atoms with E-state index in [1.165, 1.54) is 4.68 Å². The van der Waals surface area contributed by atoms with Crippen molar-refractivity contribution in [1.82, 2.24) is 18.7 Å². The summed E-state index contributed by atoms with van der Waals surface area (Å²) in [5.41, 5.74) is 2.63. The van der Waals surface area contributed by atoms with Gasteiger partial charge in [0, 0.05) is 32.1 Å². The van der Waals surface area contributed by atoms with Crippen molar-refractivity contribution in [2.24, 2.45) is 7.05 Å². The third kappa shape index (κ3) is 3.64. The molecular formula is C22H32N4O3S. The van der Waals surface area contributed by atoms with Crippen LogP contribution in [0.3, 0.4) is 0 Å². The highest BCUT2D eigenvalue weighted by molar-refractivity contribution is 7.89. The van der Waals surface area contributed by atoms with Gasteiger partial charge in [0.1, 0.15) is 5.82 Å². The fraction of sp³-hybridized carbons (Fsp3) is 0.636. The fourth-order valence-corrected chi connectivity index (χ4v) is 7.22. The lowest BCUT2D eigenvalue weighted by Crippen LogP contribution is -2.39. The lowest BCUT2D eigenvalue weighted by Gasteiger charge is -2.32. The van der Waals surface area contributed by atoms with E-state index in [0.29, 0.717) is 30.8 Å². The number of benzene rings is 1. The van der Waals surface area contributed by atoms with Crippen molar-refractivity contribution in [3.63, 3.8) is 0 Å². The summed E-state index contributed by atoms with van der Waals surface area (Å²) in [5, 5.41) is 4.56. The van der Waals surface area contributed by atoms with E-state index >= 15 is 0 Å². The number of sulfonamides is 1. The molecule has 0 bridgehead atoms. The van der Waals surface area contributed by atoms with Crippen LogP contribution in [0.25, 0.3) is 0 Å². The highest BCUT2D eigenvalue weighted by Crippen LogP contribution is 2.35. The fourth-order valence-electron chi connectivity index (χ4n) is 5.34. The summed E-state index contributed by atoms with van der Waals surface area (Å²) < 4.78 is 31.7. The van der Waals surface area contributed by atoms with Crippen LogP contribution in [-0.2, 0) is 17.1 Å². The van der Waals surface area contributed by atoms with Crippen LogP contribution in [0.4, 0.5) is 0 Å². The minimum absolute atomic E-state index is 0.0437. The highest BCUT2D eigenvalue weighted by atomic mass is 32.2. The molecule has 1 aromatic heterocycles. The van der Waals surface area contributed by atoms with Gasteiger partial charge in [0.05, 0.1) is 4.90 Å². The van der Waals surface area contributed by atoms with Crippen molar-refractivity contribution in [2.75, 3.05) is 13.1 Å². The number of hydrogen-bond donors (Lipinski definition) is 0. The number of aryl methyl sites for hydroxylation is 4. The van der Waals surface area contributed by atoms with Gasteiger partial charge in [0.25, 0.3) is 0 Å². The number of piperidine rings is 1. The Morgan fingerprint density at radius 3 is 2.10 bits per heavy atom. The number of hydrogen-bond acceptors (Lipinski definition) is 4. The average molecular weight is 433 g/mol. The smallest absolute Gasteiger partial charge is 0.276 e. The van der Waals surface area contributed by atoms with Crippen LogP contribution in [-0.4, -0.2) is 40.2 Å². The lowest BCUT2D eigenvalue weighted by atomic mass is 9.97. The molecule has 7 nitrogen and oxygen atoms in total. The van der Waals surface area contributed by atoms with E-state index < -0.39 is 10.0 Å². The summed E-state index contributed by atoms with van der Waals surface area (Å²) in [7, 11) is -1.83. The summed E-state index contributed by atoms with van der Waals surface area (Å²) in [4.78, 5) is 13.1. The summed E-state index contributed by atoms with van der Waals surface area (Å²) >= 11 is 0. The molecule has 2 fully saturated rings. The van der Waals surface area contributed by atoms with Gasteiger partial charge in [-0.2, -0.15) is 9.40 Å². The molecule has 1 aromatic carbocycles. The van der Waals surface area contributed by atoms with E-state index in [1.807, 2.05) is 37.5 Å². The maximum atomic E-state index is 13.4. The molecule has 1 saturated carbocycles. The van der Waals surface area contributed by atoms with Crippen LogP contribution in [0.5, 0.6) is 0 Å². The first-order valence-electron chi connectivity index (χ1n) is 10.9. The monoisotopic (exact) mass is 432 g/mol. The first-order chi connectivity index (χ1) is 14.2. The van der Waals surface area contributed by atoms with E-state index in [4.69, 9.17) is 0 Å². The standard InChI is InChI=1S/C22H32N4O3S/c1-15-13-16(2)20(17(3)14-15)30(28,29)25-11-9-18(10-12-25)21-23-24(4)22(27)26(21)19-7-5-6-8-19/h13-14,18-19H,5-12H2,1-4H3. The second kappa shape index (κ2) is 7.96. The molecule has 0 amide bonds. The summed E-state index contributed by atoms with van der Waals surface area (Å²) in [6.07, 6.45) is 5.73. The topological polar surface area (TPSA) is 77.2 Å². The molecule has 0 spiro atoms. The first-order valence-corrected chi connectivity index (χ1v) is 12.4. The molecule has 2 aliphatic rings. The predicted molar refractivity (Wildman–Crippen MR) is 116 cm³/mol. The molecule has 8 heteroatoms. The Kier molecular flexibility index (Phi) is 5.66. The van der Waals surface area contributed by atoms with Crippen molar-refractivity contribution in [3.8, 4) is 0 Å². The predicted octanol–water partition coefficient (Wildman–Crippen LogP) is 3.19. The molecular weight excluding hydrogens is 400 g/mol. The Balaban J connectivity index is 1.57. The van der Waals surface area contributed by atoms with Crippen LogP contribution in [0.15, 0.2) is 21.8 Å². The van der Waals surface area contributed by atoms with Gasteiger partial charge >= 0.3 is 5.69 Å². The van der Waals surface area contributed by atoms with Gasteiger partial charge in [0.2, 0.25) is 10.0 Å². The molecule has 2 heterocycles. The van der Waals surface area contributed by atoms with Gasteiger partial charge in [-0.1, -0.05) is 30.5 Å². The summed E-state index contributed by atoms with van der Waals surface area (Å²) in [5.74, 6) is 0.959. The van der Waals surface area contributed by atoms with E-state index in [2.05, 4.69) is 5.10 Å². The number of nitrogens with zero attached hydrogens (tertiary/aromatic N) is 4. The van der Waals surface area contributed by atoms with E-state index in [0.717, 1.165) is 48.2 Å². The van der Waals surface area contributed by atoms with Crippen LogP contribution >= 0.6 is 0 Å². The SMILES string of the molecule is Cc1cc(C)c(S(=O)(=O)N2CCC(c3nn(C)c(=O)n3C3CCCC3)CC2)c(C)c1. The van der Waals surface area contributed by atoms with Crippen molar-refractivity contribution < 1.29 is 8.42 Å². The third-order valence-corrected chi connectivity index (χ3v) is 8.90. The molecule has 0 radical (unpaired) electrons. The van der Waals surface area contributed by atoms with Crippen LogP contribution in [0.2, 0.25) is 0 Å². The van der Waals surface area contributed by atoms with Crippen LogP contribution < -0.4 is 5.69 Å². The van der Waals surface area contributed by atoms with Crippen molar-refractivity contribution in [3.05, 3.63) is 45.1 Å². The van der Waals surface area contributed by atoms with E-state index in [9.17, 15) is 13.2 Å². The molecule has 1 aliphatic carbocycles. The molecule has 4 rings (SSSR count). The van der Waals surface area contributed by atoms with Gasteiger partial charge < -0.3 is 0 Å². The third-order valence-electron chi connectivity index (χ3n) is 6.69. The van der Waals surface area contributed by atoms with Gasteiger partial charge in [-0.25, -0.2) is 17.9 Å². The van der Waals surface area contributed by atoms with E-state index in [-0.39, 0.29) is 17.6 Å². The van der Waals surface area contributed by atoms with Crippen molar-refractivity contribution in [2.45, 2.75) is 76.2 Å². The normalized spacial score (nSPS) is 19.6. The Labute approximate surface area is 178 Å². The molecule has 0 unspecified atom stereocenters. The Morgan fingerprint density at radius 2 is 1.53 bits per heavy atom. The Hall–Kier alpha value is -1.93. The average Bonchev–Trinajstić information content (AvgIpc) is 3.29. The van der Waals surface area contributed by atoms with Crippen molar-refractivity contribution in [1.29, 1.82) is 0 Å². The zero-order valence-corrected chi connectivity index (χ0v) is 19.2. The lowest BCUT2D eigenvalue weighted by molar-refractivity contribution is 0.304. The highest BCUT2D eigenvalue weighted by Gasteiger charge is 2.35. The zero-order chi connectivity index (χ0) is 21.6. The van der Waals surface area contributed by atoms with Crippen molar-refractivity contribution >= 4 is 10.0 Å². The molecule has 164 valence electrons. The molecule has 0 atom stereocenters. The van der Waals surface area contributed by atoms with Gasteiger partial charge in [-0.3, -0.25) is 4.57 Å². The minimum Gasteiger partial charge on any atom is -0.276 e. The Bertz CT molecular complexity index is 1080. The zero-order valence-electron chi connectivity index (χ0n) is 18.4. The molecule has 1 saturated heterocycles. The van der Waals surface area contributed by atoms with Gasteiger partial charge in [-0.15, -0.1) is 0 Å². The second-order valence-electron chi connectivity index (χ2n) is 8.98. The second-order valence-corrected chi connectivity index (χ2v) is 10.9. The van der Waals surface area contributed by atoms with Crippen LogP contribution in [0, 0.1) is 20.8 Å². The molecule has 30 heavy (non-hydrogen) atoms. The maximum Gasteiger partial charge on any atom is 0.345 e. The molecule has 0 N–H and O–H groups in total. The first kappa shape index (κ1) is 21.3. The summed E-state index contributed by atoms with van der Waals surface area (Å²) in [6.45, 7) is 6.63. The number of aromatic nitrogens is 3. The van der Waals surface area contributed by atoms with Crippen LogP contribution in [0.1, 0.15) is 73.0 Å². The Morgan fingerprint density at radius 1 is 0.967 bits per heavy atom. The largest absolute Gasteiger partial charge is 0.345 e. The van der Waals surface area contributed by atoms with Gasteiger partial charge in [-0.05, 0) is 57.6 Å². The number of rotatable bonds is 4. The van der Waals surface area contributed by atoms with Gasteiger partial charge in [0.15, 0.2) is 0 Å². The maximum absolute atomic E-state index is 13.4. The molecule has 1 aliphatic heterocycles. The molecule has 2 aromatic rings. The quantitative estimate of drug-likeness (QED) is 0.743. The summed E-state index contributed by atoms with van der Waals surface area (Å²) in [6, 6.07) is 4.10. The minimum atomic E-state index is -3.54.